The summed E-state index contributed by atoms with van der Waals surface area (Å²) in [6, 6.07) is 0. The summed E-state index contributed by atoms with van der Waals surface area (Å²) in [5.74, 6) is -0.340. The van der Waals surface area contributed by atoms with E-state index in [1.54, 1.807) is 0 Å². The van der Waals surface area contributed by atoms with E-state index in [-0.39, 0.29) is 11.6 Å². The number of nitrogens with zero attached hydrogens (tertiary/aromatic N) is 3. The second-order valence-electron chi connectivity index (χ2n) is 2.07. The maximum Gasteiger partial charge on any atom is 0.309 e. The van der Waals surface area contributed by atoms with Gasteiger partial charge in [-0.1, -0.05) is 0 Å². The molecule has 0 aliphatic rings. The molecule has 1 amide bonds. The normalized spacial score (nSPS) is 9.42. The van der Waals surface area contributed by atoms with E-state index >= 15 is 0 Å². The highest BCUT2D eigenvalue weighted by Crippen LogP contribution is 2.05. The van der Waals surface area contributed by atoms with E-state index in [1.165, 1.54) is 6.92 Å². The van der Waals surface area contributed by atoms with Crippen molar-refractivity contribution in [3.8, 4) is 0 Å². The number of rotatable bonds is 2. The van der Waals surface area contributed by atoms with Crippen LogP contribution in [-0.2, 0) is 4.79 Å². The monoisotopic (exact) mass is 170 g/mol. The van der Waals surface area contributed by atoms with E-state index in [0.29, 0.717) is 0 Å². The van der Waals surface area contributed by atoms with Crippen molar-refractivity contribution in [3.63, 3.8) is 0 Å². The number of aromatic nitrogens is 2. The fourth-order valence-electron chi connectivity index (χ4n) is 0.630. The summed E-state index contributed by atoms with van der Waals surface area (Å²) >= 11 is 0. The van der Waals surface area contributed by atoms with E-state index in [4.69, 9.17) is 0 Å². The van der Waals surface area contributed by atoms with Crippen LogP contribution in [0.15, 0.2) is 12.4 Å². The number of nitrogens with one attached hydrogen (secondary N) is 1. The molecule has 0 saturated heterocycles. The van der Waals surface area contributed by atoms with Gasteiger partial charge < -0.3 is 0 Å². The van der Waals surface area contributed by atoms with Crippen molar-refractivity contribution in [2.75, 3.05) is 5.43 Å². The largest absolute Gasteiger partial charge is 0.309 e. The van der Waals surface area contributed by atoms with Crippen LogP contribution in [0.5, 0.6) is 0 Å². The highest BCUT2D eigenvalue weighted by atomic mass is 16.6. The van der Waals surface area contributed by atoms with Crippen molar-refractivity contribution in [2.24, 2.45) is 0 Å². The lowest BCUT2D eigenvalue weighted by Gasteiger charge is -1.96. The minimum atomic E-state index is -0.592. The minimum Gasteiger partial charge on any atom is -0.274 e. The van der Waals surface area contributed by atoms with Crippen LogP contribution in [-0.4, -0.2) is 20.7 Å². The van der Waals surface area contributed by atoms with Crippen LogP contribution in [0.4, 0.5) is 5.69 Å². The predicted octanol–water partition coefficient (Wildman–Crippen LogP) is -0.119. The van der Waals surface area contributed by atoms with Gasteiger partial charge in [0.25, 0.3) is 0 Å². The van der Waals surface area contributed by atoms with Gasteiger partial charge in [-0.05, 0) is 0 Å². The molecule has 0 fully saturated rings. The SMILES string of the molecule is CC(=O)Nn1cc([N+](=O)[O-])cn1. The second kappa shape index (κ2) is 2.99. The Balaban J connectivity index is 2.77. The molecule has 7 nitrogen and oxygen atoms in total. The highest BCUT2D eigenvalue weighted by molar-refractivity contribution is 5.80. The molecule has 7 heteroatoms. The predicted molar refractivity (Wildman–Crippen MR) is 38.9 cm³/mol. The Morgan fingerprint density at radius 1 is 1.83 bits per heavy atom. The number of hydrogen-bond acceptors (Lipinski definition) is 4. The third-order valence-corrected chi connectivity index (χ3v) is 1.05. The third kappa shape index (κ3) is 1.78. The molecule has 0 aromatic carbocycles. The Bertz CT molecular complexity index is 318. The molecule has 0 atom stereocenters. The van der Waals surface area contributed by atoms with Crippen LogP contribution in [0, 0.1) is 10.1 Å². The molecule has 1 rings (SSSR count). The minimum absolute atomic E-state index is 0.163. The van der Waals surface area contributed by atoms with E-state index in [9.17, 15) is 14.9 Å². The smallest absolute Gasteiger partial charge is 0.274 e. The summed E-state index contributed by atoms with van der Waals surface area (Å²) in [4.78, 5) is 21.0. The van der Waals surface area contributed by atoms with Gasteiger partial charge in [-0.2, -0.15) is 9.89 Å². The molecule has 1 aromatic rings. The molecule has 1 aromatic heterocycles. The number of carbonyl (C=O) groups excluding carboxylic acids is 1. The van der Waals surface area contributed by atoms with Crippen molar-refractivity contribution in [1.82, 2.24) is 9.89 Å². The fourth-order valence-corrected chi connectivity index (χ4v) is 0.630. The standard InChI is InChI=1S/C5H6N4O3/c1-4(10)7-8-3-5(2-6-8)9(11)12/h2-3H,1H3,(H,7,10). The van der Waals surface area contributed by atoms with Crippen molar-refractivity contribution in [3.05, 3.63) is 22.5 Å². The Morgan fingerprint density at radius 2 is 2.50 bits per heavy atom. The van der Waals surface area contributed by atoms with Gasteiger partial charge in [0.1, 0.15) is 12.4 Å². The molecule has 64 valence electrons. The number of nitro groups is 1. The Labute approximate surface area is 67.1 Å². The fraction of sp³-hybridized carbons (Fsp3) is 0.200. The lowest BCUT2D eigenvalue weighted by atomic mass is 10.6. The van der Waals surface area contributed by atoms with Crippen LogP contribution in [0.1, 0.15) is 6.92 Å². The first-order chi connectivity index (χ1) is 5.59. The summed E-state index contributed by atoms with van der Waals surface area (Å²) < 4.78 is 0. The van der Waals surface area contributed by atoms with Crippen molar-refractivity contribution in [2.45, 2.75) is 6.92 Å². The zero-order valence-electron chi connectivity index (χ0n) is 6.22. The van der Waals surface area contributed by atoms with Crippen LogP contribution < -0.4 is 5.43 Å². The molecule has 0 unspecified atom stereocenters. The first-order valence-electron chi connectivity index (χ1n) is 3.06. The maximum atomic E-state index is 10.5. The summed E-state index contributed by atoms with van der Waals surface area (Å²) in [6.45, 7) is 1.29. The van der Waals surface area contributed by atoms with Crippen LogP contribution in [0.3, 0.4) is 0 Å². The van der Waals surface area contributed by atoms with Crippen LogP contribution in [0.25, 0.3) is 0 Å². The quantitative estimate of drug-likeness (QED) is 0.494. The molecular weight excluding hydrogens is 164 g/mol. The maximum absolute atomic E-state index is 10.5. The van der Waals surface area contributed by atoms with Crippen LogP contribution >= 0.6 is 0 Å². The molecule has 0 aliphatic carbocycles. The summed E-state index contributed by atoms with van der Waals surface area (Å²) in [5, 5.41) is 13.7. The first-order valence-corrected chi connectivity index (χ1v) is 3.06. The zero-order valence-corrected chi connectivity index (χ0v) is 6.22. The number of carbonyl (C=O) groups is 1. The van der Waals surface area contributed by atoms with E-state index in [1.807, 2.05) is 0 Å². The third-order valence-electron chi connectivity index (χ3n) is 1.05. The van der Waals surface area contributed by atoms with E-state index in [2.05, 4.69) is 10.5 Å². The lowest BCUT2D eigenvalue weighted by Crippen LogP contribution is -2.19. The van der Waals surface area contributed by atoms with Gasteiger partial charge in [0.05, 0.1) is 4.92 Å². The molecule has 1 N–H and O–H groups in total. The highest BCUT2D eigenvalue weighted by Gasteiger charge is 2.08. The molecule has 0 saturated carbocycles. The number of hydrogen-bond donors (Lipinski definition) is 1. The molecule has 0 aliphatic heterocycles. The molecule has 0 spiro atoms. The van der Waals surface area contributed by atoms with Gasteiger partial charge in [-0.15, -0.1) is 0 Å². The van der Waals surface area contributed by atoms with Crippen molar-refractivity contribution in [1.29, 1.82) is 0 Å². The summed E-state index contributed by atoms with van der Waals surface area (Å²) in [7, 11) is 0. The van der Waals surface area contributed by atoms with Gasteiger partial charge in [-0.3, -0.25) is 14.9 Å². The molecule has 0 radical (unpaired) electrons. The average Bonchev–Trinajstić information content (AvgIpc) is 2.34. The first kappa shape index (κ1) is 8.18. The molecule has 12 heavy (non-hydrogen) atoms. The average molecular weight is 170 g/mol. The molecular formula is C5H6N4O3. The Hall–Kier alpha value is -1.92. The summed E-state index contributed by atoms with van der Waals surface area (Å²) in [6.07, 6.45) is 2.16. The van der Waals surface area contributed by atoms with Gasteiger partial charge in [0.2, 0.25) is 5.91 Å². The van der Waals surface area contributed by atoms with Gasteiger partial charge in [0, 0.05) is 6.92 Å². The van der Waals surface area contributed by atoms with Crippen molar-refractivity contribution >= 4 is 11.6 Å². The second-order valence-corrected chi connectivity index (χ2v) is 2.07. The molecule has 1 heterocycles. The van der Waals surface area contributed by atoms with Gasteiger partial charge in [0.15, 0.2) is 0 Å². The van der Waals surface area contributed by atoms with Crippen molar-refractivity contribution < 1.29 is 9.72 Å². The van der Waals surface area contributed by atoms with Gasteiger partial charge >= 0.3 is 5.69 Å². The van der Waals surface area contributed by atoms with E-state index in [0.717, 1.165) is 17.2 Å². The summed E-state index contributed by atoms with van der Waals surface area (Å²) in [5.41, 5.74) is 2.08. The lowest BCUT2D eigenvalue weighted by molar-refractivity contribution is -0.384. The number of amides is 1. The van der Waals surface area contributed by atoms with E-state index < -0.39 is 4.92 Å². The topological polar surface area (TPSA) is 90.1 Å². The Kier molecular flexibility index (Phi) is 2.04. The Morgan fingerprint density at radius 3 is 2.92 bits per heavy atom. The zero-order chi connectivity index (χ0) is 9.14. The van der Waals surface area contributed by atoms with Crippen LogP contribution in [0.2, 0.25) is 0 Å². The van der Waals surface area contributed by atoms with Gasteiger partial charge in [-0.25, -0.2) is 5.43 Å². The molecule has 0 bridgehead atoms.